The van der Waals surface area contributed by atoms with Gasteiger partial charge in [0, 0.05) is 23.2 Å². The third-order valence-electron chi connectivity index (χ3n) is 3.61. The van der Waals surface area contributed by atoms with E-state index >= 15 is 0 Å². The molecule has 1 fully saturated rings. The number of carbonyl (C=O) groups is 1. The van der Waals surface area contributed by atoms with E-state index in [1.165, 1.54) is 12.5 Å². The lowest BCUT2D eigenvalue weighted by Crippen LogP contribution is -2.36. The molecule has 0 spiro atoms. The van der Waals surface area contributed by atoms with E-state index in [9.17, 15) is 14.9 Å². The molecule has 102 valence electrons. The van der Waals surface area contributed by atoms with Crippen LogP contribution in [-0.4, -0.2) is 16.9 Å². The summed E-state index contributed by atoms with van der Waals surface area (Å²) in [5.74, 6) is -0.213. The van der Waals surface area contributed by atoms with Crippen molar-refractivity contribution in [1.82, 2.24) is 5.32 Å². The van der Waals surface area contributed by atoms with Crippen LogP contribution >= 0.6 is 0 Å². The SMILES string of the molecule is Cc1ccc(C(=O)NC2CCCCC2)cc1[N+](=O)[O-]. The Hall–Kier alpha value is -1.91. The molecule has 0 unspecified atom stereocenters. The van der Waals surface area contributed by atoms with E-state index in [4.69, 9.17) is 0 Å². The molecule has 19 heavy (non-hydrogen) atoms. The normalized spacial score (nSPS) is 16.1. The number of nitrogens with one attached hydrogen (secondary N) is 1. The molecule has 1 amide bonds. The fraction of sp³-hybridized carbons (Fsp3) is 0.500. The summed E-state index contributed by atoms with van der Waals surface area (Å²) in [5.41, 5.74) is 0.929. The van der Waals surface area contributed by atoms with E-state index in [0.29, 0.717) is 11.1 Å². The Labute approximate surface area is 112 Å². The molecule has 5 nitrogen and oxygen atoms in total. The Morgan fingerprint density at radius 1 is 1.32 bits per heavy atom. The molecule has 2 rings (SSSR count). The molecule has 0 aliphatic heterocycles. The number of carbonyl (C=O) groups excluding carboxylic acids is 1. The molecule has 0 aromatic heterocycles. The maximum Gasteiger partial charge on any atom is 0.273 e. The van der Waals surface area contributed by atoms with Gasteiger partial charge in [0.15, 0.2) is 0 Å². The summed E-state index contributed by atoms with van der Waals surface area (Å²) in [7, 11) is 0. The van der Waals surface area contributed by atoms with Gasteiger partial charge in [-0.1, -0.05) is 25.3 Å². The van der Waals surface area contributed by atoms with Crippen LogP contribution in [0.1, 0.15) is 48.0 Å². The zero-order valence-corrected chi connectivity index (χ0v) is 11.0. The van der Waals surface area contributed by atoms with Gasteiger partial charge in [-0.3, -0.25) is 14.9 Å². The minimum Gasteiger partial charge on any atom is -0.349 e. The summed E-state index contributed by atoms with van der Waals surface area (Å²) in [6, 6.07) is 4.82. The van der Waals surface area contributed by atoms with E-state index in [1.54, 1.807) is 19.1 Å². The first-order valence-electron chi connectivity index (χ1n) is 6.64. The minimum absolute atomic E-state index is 0.00343. The van der Waals surface area contributed by atoms with Crippen LogP contribution in [-0.2, 0) is 0 Å². The Morgan fingerprint density at radius 3 is 2.63 bits per heavy atom. The lowest BCUT2D eigenvalue weighted by Gasteiger charge is -2.22. The monoisotopic (exact) mass is 262 g/mol. The predicted octanol–water partition coefficient (Wildman–Crippen LogP) is 2.97. The average molecular weight is 262 g/mol. The van der Waals surface area contributed by atoms with Crippen molar-refractivity contribution in [1.29, 1.82) is 0 Å². The highest BCUT2D eigenvalue weighted by Gasteiger charge is 2.19. The highest BCUT2D eigenvalue weighted by atomic mass is 16.6. The van der Waals surface area contributed by atoms with Crippen molar-refractivity contribution < 1.29 is 9.72 Å². The van der Waals surface area contributed by atoms with Gasteiger partial charge in [-0.15, -0.1) is 0 Å². The summed E-state index contributed by atoms with van der Waals surface area (Å²) in [5, 5.41) is 13.8. The first kappa shape index (κ1) is 13.5. The molecular weight excluding hydrogens is 244 g/mol. The highest BCUT2D eigenvalue weighted by molar-refractivity contribution is 5.95. The predicted molar refractivity (Wildman–Crippen MR) is 72.2 cm³/mol. The molecule has 1 saturated carbocycles. The molecule has 0 radical (unpaired) electrons. The van der Waals surface area contributed by atoms with E-state index in [0.717, 1.165) is 25.7 Å². The second kappa shape index (κ2) is 5.82. The number of hydrogen-bond donors (Lipinski definition) is 1. The first-order valence-corrected chi connectivity index (χ1v) is 6.64. The standard InChI is InChI=1S/C14H18N2O3/c1-10-7-8-11(9-13(10)16(18)19)14(17)15-12-5-3-2-4-6-12/h7-9,12H,2-6H2,1H3,(H,15,17). The number of hydrogen-bond acceptors (Lipinski definition) is 3. The van der Waals surface area contributed by atoms with Crippen LogP contribution in [0.4, 0.5) is 5.69 Å². The minimum atomic E-state index is -0.452. The van der Waals surface area contributed by atoms with Gasteiger partial charge in [0.1, 0.15) is 0 Å². The molecule has 0 atom stereocenters. The van der Waals surface area contributed by atoms with Gasteiger partial charge in [-0.2, -0.15) is 0 Å². The largest absolute Gasteiger partial charge is 0.349 e. The number of nitro benzene ring substituents is 1. The van der Waals surface area contributed by atoms with Crippen LogP contribution in [0.3, 0.4) is 0 Å². The van der Waals surface area contributed by atoms with E-state index in [1.807, 2.05) is 0 Å². The van der Waals surface area contributed by atoms with Gasteiger partial charge in [0.2, 0.25) is 0 Å². The zero-order valence-electron chi connectivity index (χ0n) is 11.0. The van der Waals surface area contributed by atoms with Crippen LogP contribution in [0.25, 0.3) is 0 Å². The summed E-state index contributed by atoms with van der Waals surface area (Å²) in [4.78, 5) is 22.5. The van der Waals surface area contributed by atoms with Gasteiger partial charge < -0.3 is 5.32 Å². The second-order valence-electron chi connectivity index (χ2n) is 5.07. The maximum atomic E-state index is 12.1. The molecular formula is C14H18N2O3. The van der Waals surface area contributed by atoms with Gasteiger partial charge in [-0.25, -0.2) is 0 Å². The second-order valence-corrected chi connectivity index (χ2v) is 5.07. The number of aryl methyl sites for hydroxylation is 1. The van der Waals surface area contributed by atoms with Gasteiger partial charge >= 0.3 is 0 Å². The van der Waals surface area contributed by atoms with Gasteiger partial charge in [0.05, 0.1) is 4.92 Å². The Morgan fingerprint density at radius 2 is 2.00 bits per heavy atom. The average Bonchev–Trinajstić information content (AvgIpc) is 2.40. The zero-order chi connectivity index (χ0) is 13.8. The molecule has 0 saturated heterocycles. The topological polar surface area (TPSA) is 72.2 Å². The van der Waals surface area contributed by atoms with E-state index in [2.05, 4.69) is 5.32 Å². The third-order valence-corrected chi connectivity index (χ3v) is 3.61. The van der Waals surface area contributed by atoms with Crippen LogP contribution in [0.5, 0.6) is 0 Å². The number of rotatable bonds is 3. The number of amides is 1. The maximum absolute atomic E-state index is 12.1. The van der Waals surface area contributed by atoms with Crippen LogP contribution in [0, 0.1) is 17.0 Å². The Bertz CT molecular complexity index is 493. The fourth-order valence-corrected chi connectivity index (χ4v) is 2.46. The summed E-state index contributed by atoms with van der Waals surface area (Å²) < 4.78 is 0. The number of nitrogens with zero attached hydrogens (tertiary/aromatic N) is 1. The molecule has 5 heteroatoms. The van der Waals surface area contributed by atoms with Crippen molar-refractivity contribution in [3.8, 4) is 0 Å². The third kappa shape index (κ3) is 3.30. The molecule has 1 N–H and O–H groups in total. The van der Waals surface area contributed by atoms with Crippen LogP contribution in [0.15, 0.2) is 18.2 Å². The Kier molecular flexibility index (Phi) is 4.14. The summed E-state index contributed by atoms with van der Waals surface area (Å²) in [6.45, 7) is 1.67. The van der Waals surface area contributed by atoms with Crippen molar-refractivity contribution in [2.45, 2.75) is 45.1 Å². The number of benzene rings is 1. The highest BCUT2D eigenvalue weighted by Crippen LogP contribution is 2.21. The van der Waals surface area contributed by atoms with Crippen molar-refractivity contribution >= 4 is 11.6 Å². The van der Waals surface area contributed by atoms with Gasteiger partial charge in [0.25, 0.3) is 11.6 Å². The van der Waals surface area contributed by atoms with E-state index in [-0.39, 0.29) is 17.6 Å². The first-order chi connectivity index (χ1) is 9.08. The molecule has 1 aromatic carbocycles. The smallest absolute Gasteiger partial charge is 0.273 e. The Balaban J connectivity index is 2.10. The molecule has 1 aromatic rings. The quantitative estimate of drug-likeness (QED) is 0.672. The fourth-order valence-electron chi connectivity index (χ4n) is 2.46. The van der Waals surface area contributed by atoms with Crippen molar-refractivity contribution in [2.75, 3.05) is 0 Å². The summed E-state index contributed by atoms with van der Waals surface area (Å²) >= 11 is 0. The van der Waals surface area contributed by atoms with Crippen molar-refractivity contribution in [3.05, 3.63) is 39.4 Å². The molecule has 1 aliphatic rings. The number of nitro groups is 1. The van der Waals surface area contributed by atoms with Crippen molar-refractivity contribution in [2.24, 2.45) is 0 Å². The van der Waals surface area contributed by atoms with Gasteiger partial charge in [-0.05, 0) is 25.8 Å². The van der Waals surface area contributed by atoms with E-state index < -0.39 is 4.92 Å². The molecule has 1 aliphatic carbocycles. The molecule has 0 heterocycles. The van der Waals surface area contributed by atoms with Crippen molar-refractivity contribution in [3.63, 3.8) is 0 Å². The summed E-state index contributed by atoms with van der Waals surface area (Å²) in [6.07, 6.45) is 5.50. The van der Waals surface area contributed by atoms with Crippen LogP contribution < -0.4 is 5.32 Å². The lowest BCUT2D eigenvalue weighted by molar-refractivity contribution is -0.385. The van der Waals surface area contributed by atoms with Crippen LogP contribution in [0.2, 0.25) is 0 Å². The molecule has 0 bridgehead atoms. The lowest BCUT2D eigenvalue weighted by atomic mass is 9.95.